The molecule has 0 saturated carbocycles. The molecule has 19 heavy (non-hydrogen) atoms. The van der Waals surface area contributed by atoms with Gasteiger partial charge >= 0.3 is 0 Å². The van der Waals surface area contributed by atoms with Crippen LogP contribution in [0.2, 0.25) is 0 Å². The zero-order valence-corrected chi connectivity index (χ0v) is 10.3. The second kappa shape index (κ2) is 5.49. The molecule has 2 nitrogen and oxygen atoms in total. The fraction of sp³-hybridized carbons (Fsp3) is 0.133. The summed E-state index contributed by atoms with van der Waals surface area (Å²) in [6, 6.07) is 11.7. The number of nitriles is 1. The molecule has 0 spiro atoms. The maximum absolute atomic E-state index is 13.1. The molecule has 1 N–H and O–H groups in total. The van der Waals surface area contributed by atoms with Gasteiger partial charge in [-0.3, -0.25) is 0 Å². The molecule has 0 aliphatic rings. The van der Waals surface area contributed by atoms with Gasteiger partial charge in [0, 0.05) is 11.8 Å². The molecular weight excluding hydrogens is 246 g/mol. The van der Waals surface area contributed by atoms with Crippen molar-refractivity contribution in [3.63, 3.8) is 0 Å². The summed E-state index contributed by atoms with van der Waals surface area (Å²) in [6.45, 7) is 1.95. The summed E-state index contributed by atoms with van der Waals surface area (Å²) in [5, 5.41) is 12.1. The van der Waals surface area contributed by atoms with E-state index in [2.05, 4.69) is 5.32 Å². The van der Waals surface area contributed by atoms with E-state index in [0.29, 0.717) is 0 Å². The smallest absolute Gasteiger partial charge is 0.140 e. The van der Waals surface area contributed by atoms with Crippen LogP contribution >= 0.6 is 0 Å². The van der Waals surface area contributed by atoms with Crippen molar-refractivity contribution in [2.24, 2.45) is 0 Å². The third kappa shape index (κ3) is 3.29. The Morgan fingerprint density at radius 2 is 1.63 bits per heavy atom. The second-order valence-electron chi connectivity index (χ2n) is 4.28. The first-order valence-electron chi connectivity index (χ1n) is 5.77. The van der Waals surface area contributed by atoms with Crippen molar-refractivity contribution in [3.8, 4) is 6.07 Å². The minimum absolute atomic E-state index is 0.264. The van der Waals surface area contributed by atoms with Crippen molar-refractivity contribution in [1.29, 1.82) is 5.26 Å². The average Bonchev–Trinajstić information content (AvgIpc) is 2.37. The van der Waals surface area contributed by atoms with Gasteiger partial charge in [-0.25, -0.2) is 8.78 Å². The van der Waals surface area contributed by atoms with Gasteiger partial charge < -0.3 is 5.32 Å². The topological polar surface area (TPSA) is 35.8 Å². The van der Waals surface area contributed by atoms with Crippen LogP contribution in [0.25, 0.3) is 0 Å². The highest BCUT2D eigenvalue weighted by Gasteiger charge is 2.12. The number of hydrogen-bond donors (Lipinski definition) is 1. The molecule has 1 unspecified atom stereocenters. The van der Waals surface area contributed by atoms with Crippen LogP contribution in [0, 0.1) is 29.9 Å². The molecule has 2 aromatic carbocycles. The van der Waals surface area contributed by atoms with Gasteiger partial charge in [0.1, 0.15) is 17.7 Å². The van der Waals surface area contributed by atoms with E-state index in [1.807, 2.05) is 37.3 Å². The predicted molar refractivity (Wildman–Crippen MR) is 69.5 cm³/mol. The Hall–Kier alpha value is -2.41. The van der Waals surface area contributed by atoms with E-state index in [1.165, 1.54) is 0 Å². The highest BCUT2D eigenvalue weighted by molar-refractivity contribution is 5.48. The summed E-state index contributed by atoms with van der Waals surface area (Å²) in [4.78, 5) is 0. The molecule has 0 fully saturated rings. The lowest BCUT2D eigenvalue weighted by atomic mass is 10.1. The van der Waals surface area contributed by atoms with Crippen molar-refractivity contribution in [3.05, 3.63) is 65.2 Å². The van der Waals surface area contributed by atoms with E-state index < -0.39 is 17.7 Å². The maximum Gasteiger partial charge on any atom is 0.140 e. The molecule has 2 rings (SSSR count). The second-order valence-corrected chi connectivity index (χ2v) is 4.28. The van der Waals surface area contributed by atoms with Gasteiger partial charge in [-0.2, -0.15) is 5.26 Å². The van der Waals surface area contributed by atoms with Crippen LogP contribution in [0.3, 0.4) is 0 Å². The fourth-order valence-corrected chi connectivity index (χ4v) is 1.75. The lowest BCUT2D eigenvalue weighted by Gasteiger charge is -2.13. The Labute approximate surface area is 110 Å². The van der Waals surface area contributed by atoms with Crippen molar-refractivity contribution in [2.45, 2.75) is 13.0 Å². The Morgan fingerprint density at radius 3 is 2.16 bits per heavy atom. The van der Waals surface area contributed by atoms with Crippen molar-refractivity contribution in [2.75, 3.05) is 5.32 Å². The summed E-state index contributed by atoms with van der Waals surface area (Å²) in [5.41, 5.74) is 2.08. The molecular formula is C15H12F2N2. The van der Waals surface area contributed by atoms with Crippen LogP contribution in [-0.2, 0) is 0 Å². The zero-order chi connectivity index (χ0) is 13.8. The minimum atomic E-state index is -0.798. The van der Waals surface area contributed by atoms with Crippen LogP contribution in [0.1, 0.15) is 17.2 Å². The van der Waals surface area contributed by atoms with E-state index in [4.69, 9.17) is 5.26 Å². The lowest BCUT2D eigenvalue weighted by Crippen LogP contribution is -2.09. The molecule has 0 bridgehead atoms. The first kappa shape index (κ1) is 13.0. The molecule has 96 valence electrons. The third-order valence-corrected chi connectivity index (χ3v) is 2.71. The van der Waals surface area contributed by atoms with E-state index in [9.17, 15) is 8.78 Å². The molecule has 0 aliphatic heterocycles. The third-order valence-electron chi connectivity index (χ3n) is 2.71. The monoisotopic (exact) mass is 258 g/mol. The van der Waals surface area contributed by atoms with Gasteiger partial charge in [-0.05, 0) is 36.8 Å². The number of halogens is 2. The highest BCUT2D eigenvalue weighted by Crippen LogP contribution is 2.21. The Morgan fingerprint density at radius 1 is 1.05 bits per heavy atom. The van der Waals surface area contributed by atoms with Gasteiger partial charge in [0.05, 0.1) is 6.07 Å². The SMILES string of the molecule is Cc1ccc(NC(C#N)c2cc(F)cc(F)c2)cc1. The van der Waals surface area contributed by atoms with Crippen molar-refractivity contribution in [1.82, 2.24) is 0 Å². The summed E-state index contributed by atoms with van der Waals surface area (Å²) in [7, 11) is 0. The summed E-state index contributed by atoms with van der Waals surface area (Å²) < 4.78 is 26.3. The van der Waals surface area contributed by atoms with Gasteiger partial charge in [-0.1, -0.05) is 17.7 Å². The average molecular weight is 258 g/mol. The van der Waals surface area contributed by atoms with Gasteiger partial charge in [-0.15, -0.1) is 0 Å². The minimum Gasteiger partial charge on any atom is -0.366 e. The highest BCUT2D eigenvalue weighted by atomic mass is 19.1. The quantitative estimate of drug-likeness (QED) is 0.904. The Bertz CT molecular complexity index is 595. The van der Waals surface area contributed by atoms with Crippen LogP contribution in [0.5, 0.6) is 0 Å². The lowest BCUT2D eigenvalue weighted by molar-refractivity contribution is 0.579. The Balaban J connectivity index is 2.25. The van der Waals surface area contributed by atoms with Gasteiger partial charge in [0.25, 0.3) is 0 Å². The molecule has 2 aromatic rings. The molecule has 0 radical (unpaired) electrons. The number of hydrogen-bond acceptors (Lipinski definition) is 2. The van der Waals surface area contributed by atoms with Crippen molar-refractivity contribution >= 4 is 5.69 Å². The van der Waals surface area contributed by atoms with Gasteiger partial charge in [0.2, 0.25) is 0 Å². The number of rotatable bonds is 3. The fourth-order valence-electron chi connectivity index (χ4n) is 1.75. The molecule has 0 aliphatic carbocycles. The predicted octanol–water partition coefficient (Wildman–Crippen LogP) is 3.95. The summed E-state index contributed by atoms with van der Waals surface area (Å²) in [6.07, 6.45) is 0. The van der Waals surface area contributed by atoms with Crippen LogP contribution in [-0.4, -0.2) is 0 Å². The Kier molecular flexibility index (Phi) is 3.76. The molecule has 0 aromatic heterocycles. The van der Waals surface area contributed by atoms with E-state index >= 15 is 0 Å². The summed E-state index contributed by atoms with van der Waals surface area (Å²) in [5.74, 6) is -1.39. The first-order chi connectivity index (χ1) is 9.08. The molecule has 1 atom stereocenters. The maximum atomic E-state index is 13.1. The van der Waals surface area contributed by atoms with E-state index in [-0.39, 0.29) is 5.56 Å². The van der Waals surface area contributed by atoms with Crippen LogP contribution in [0.15, 0.2) is 42.5 Å². The van der Waals surface area contributed by atoms with Crippen LogP contribution in [0.4, 0.5) is 14.5 Å². The number of nitrogens with one attached hydrogen (secondary N) is 1. The van der Waals surface area contributed by atoms with Crippen molar-refractivity contribution < 1.29 is 8.78 Å². The van der Waals surface area contributed by atoms with E-state index in [1.54, 1.807) is 0 Å². The first-order valence-corrected chi connectivity index (χ1v) is 5.77. The van der Waals surface area contributed by atoms with Gasteiger partial charge in [0.15, 0.2) is 0 Å². The van der Waals surface area contributed by atoms with Crippen LogP contribution < -0.4 is 5.32 Å². The normalized spacial score (nSPS) is 11.7. The summed E-state index contributed by atoms with van der Waals surface area (Å²) >= 11 is 0. The standard InChI is InChI=1S/C15H12F2N2/c1-10-2-4-14(5-3-10)19-15(9-18)11-6-12(16)8-13(17)7-11/h2-8,15,19H,1H3. The number of aryl methyl sites for hydroxylation is 1. The number of benzene rings is 2. The van der Waals surface area contributed by atoms with E-state index in [0.717, 1.165) is 29.4 Å². The number of nitrogens with zero attached hydrogens (tertiary/aromatic N) is 1. The zero-order valence-electron chi connectivity index (χ0n) is 10.3. The number of anilines is 1. The largest absolute Gasteiger partial charge is 0.366 e. The molecule has 0 saturated heterocycles. The molecule has 4 heteroatoms. The molecule has 0 amide bonds. The molecule has 0 heterocycles.